The monoisotopic (exact) mass is 249 g/mol. The van der Waals surface area contributed by atoms with Gasteiger partial charge in [0.2, 0.25) is 0 Å². The maximum Gasteiger partial charge on any atom is 0.256 e. The number of rotatable bonds is 1. The Morgan fingerprint density at radius 1 is 1.05 bits per heavy atom. The molecule has 2 aromatic carbocycles. The molecule has 0 aliphatic carbocycles. The fraction of sp³-hybridized carbons (Fsp3) is 0.118. The molecule has 0 unspecified atom stereocenters. The molecule has 1 N–H and O–H groups in total. The number of hydrogen-bond donors (Lipinski definition) is 1. The lowest BCUT2D eigenvalue weighted by Crippen LogP contribution is -2.03. The molecule has 0 bridgehead atoms. The summed E-state index contributed by atoms with van der Waals surface area (Å²) in [5.41, 5.74) is 6.12. The third kappa shape index (κ3) is 2.06. The number of carbonyl (C=O) groups excluding carboxylic acids is 1. The molecule has 2 aromatic rings. The van der Waals surface area contributed by atoms with Gasteiger partial charge in [-0.2, -0.15) is 0 Å². The zero-order valence-electron chi connectivity index (χ0n) is 11.0. The highest BCUT2D eigenvalue weighted by Gasteiger charge is 2.23. The van der Waals surface area contributed by atoms with Gasteiger partial charge in [0.15, 0.2) is 0 Å². The van der Waals surface area contributed by atoms with E-state index in [9.17, 15) is 4.79 Å². The minimum absolute atomic E-state index is 0.0267. The predicted molar refractivity (Wildman–Crippen MR) is 78.9 cm³/mol. The lowest BCUT2D eigenvalue weighted by atomic mass is 10.00. The van der Waals surface area contributed by atoms with Crippen molar-refractivity contribution in [2.75, 3.05) is 5.32 Å². The van der Waals surface area contributed by atoms with Gasteiger partial charge in [-0.15, -0.1) is 0 Å². The number of carbonyl (C=O) groups is 1. The number of aryl methyl sites for hydroxylation is 2. The van der Waals surface area contributed by atoms with Crippen molar-refractivity contribution in [2.24, 2.45) is 0 Å². The summed E-state index contributed by atoms with van der Waals surface area (Å²) >= 11 is 0. The van der Waals surface area contributed by atoms with Crippen LogP contribution in [0.15, 0.2) is 42.5 Å². The van der Waals surface area contributed by atoms with Crippen molar-refractivity contribution in [3.05, 3.63) is 64.7 Å². The summed E-state index contributed by atoms with van der Waals surface area (Å²) in [5, 5.41) is 2.89. The Morgan fingerprint density at radius 3 is 2.63 bits per heavy atom. The highest BCUT2D eigenvalue weighted by atomic mass is 16.2. The van der Waals surface area contributed by atoms with Crippen LogP contribution in [0.4, 0.5) is 5.69 Å². The van der Waals surface area contributed by atoms with Crippen LogP contribution < -0.4 is 5.32 Å². The minimum Gasteiger partial charge on any atom is -0.321 e. The number of amides is 1. The largest absolute Gasteiger partial charge is 0.321 e. The van der Waals surface area contributed by atoms with Crippen molar-refractivity contribution in [1.82, 2.24) is 0 Å². The molecule has 0 saturated heterocycles. The highest BCUT2D eigenvalue weighted by Crippen LogP contribution is 2.33. The summed E-state index contributed by atoms with van der Waals surface area (Å²) in [6.45, 7) is 4.14. The maximum absolute atomic E-state index is 12.0. The van der Waals surface area contributed by atoms with E-state index in [4.69, 9.17) is 0 Å². The number of fused-ring (bicyclic) bond motifs is 1. The number of anilines is 1. The number of nitrogens with one attached hydrogen (secondary N) is 1. The van der Waals surface area contributed by atoms with Crippen molar-refractivity contribution in [1.29, 1.82) is 0 Å². The van der Waals surface area contributed by atoms with Gasteiger partial charge in [0, 0.05) is 16.8 Å². The lowest BCUT2D eigenvalue weighted by Gasteiger charge is -2.03. The van der Waals surface area contributed by atoms with Crippen LogP contribution in [-0.4, -0.2) is 5.91 Å². The van der Waals surface area contributed by atoms with E-state index in [-0.39, 0.29) is 5.91 Å². The molecule has 0 aromatic heterocycles. The van der Waals surface area contributed by atoms with Crippen LogP contribution in [0.1, 0.15) is 22.3 Å². The Hall–Kier alpha value is -2.35. The molecule has 3 rings (SSSR count). The summed E-state index contributed by atoms with van der Waals surface area (Å²) in [7, 11) is 0. The molecule has 0 atom stereocenters. The van der Waals surface area contributed by atoms with Crippen LogP contribution in [0, 0.1) is 13.8 Å². The number of hydrogen-bond acceptors (Lipinski definition) is 1. The molecular formula is C17H15NO. The number of para-hydroxylation sites is 1. The molecule has 19 heavy (non-hydrogen) atoms. The van der Waals surface area contributed by atoms with Gasteiger partial charge in [-0.05, 0) is 37.1 Å². The van der Waals surface area contributed by atoms with Gasteiger partial charge in [-0.3, -0.25) is 4.79 Å². The van der Waals surface area contributed by atoms with Gasteiger partial charge in [-0.1, -0.05) is 42.0 Å². The van der Waals surface area contributed by atoms with Gasteiger partial charge in [0.05, 0.1) is 0 Å². The van der Waals surface area contributed by atoms with E-state index in [2.05, 4.69) is 37.4 Å². The molecule has 1 heterocycles. The second-order valence-electron chi connectivity index (χ2n) is 4.92. The molecule has 2 nitrogen and oxygen atoms in total. The molecule has 1 amide bonds. The molecule has 2 heteroatoms. The molecule has 0 radical (unpaired) electrons. The second kappa shape index (κ2) is 4.39. The summed E-state index contributed by atoms with van der Waals surface area (Å²) < 4.78 is 0. The van der Waals surface area contributed by atoms with E-state index in [0.29, 0.717) is 0 Å². The molecule has 0 fully saturated rings. The highest BCUT2D eigenvalue weighted by molar-refractivity contribution is 6.34. The number of benzene rings is 2. The van der Waals surface area contributed by atoms with E-state index in [1.54, 1.807) is 0 Å². The first-order valence-corrected chi connectivity index (χ1v) is 6.35. The smallest absolute Gasteiger partial charge is 0.256 e. The van der Waals surface area contributed by atoms with Crippen molar-refractivity contribution < 1.29 is 4.79 Å². The van der Waals surface area contributed by atoms with Crippen LogP contribution in [0.2, 0.25) is 0 Å². The van der Waals surface area contributed by atoms with E-state index in [0.717, 1.165) is 22.4 Å². The first kappa shape index (κ1) is 11.7. The topological polar surface area (TPSA) is 29.1 Å². The van der Waals surface area contributed by atoms with Crippen LogP contribution in [0.3, 0.4) is 0 Å². The van der Waals surface area contributed by atoms with Crippen LogP contribution in [-0.2, 0) is 4.79 Å². The Morgan fingerprint density at radius 2 is 1.84 bits per heavy atom. The Labute approximate surface area is 112 Å². The van der Waals surface area contributed by atoms with Gasteiger partial charge in [-0.25, -0.2) is 0 Å². The summed E-state index contributed by atoms with van der Waals surface area (Å²) in [4.78, 5) is 12.0. The third-order valence-corrected chi connectivity index (χ3v) is 3.44. The van der Waals surface area contributed by atoms with Crippen LogP contribution >= 0.6 is 0 Å². The lowest BCUT2D eigenvalue weighted by molar-refractivity contribution is -0.110. The van der Waals surface area contributed by atoms with Gasteiger partial charge >= 0.3 is 0 Å². The average molecular weight is 249 g/mol. The fourth-order valence-electron chi connectivity index (χ4n) is 2.43. The van der Waals surface area contributed by atoms with Crippen molar-refractivity contribution >= 4 is 23.2 Å². The third-order valence-electron chi connectivity index (χ3n) is 3.44. The van der Waals surface area contributed by atoms with Gasteiger partial charge in [0.25, 0.3) is 5.91 Å². The van der Waals surface area contributed by atoms with Crippen LogP contribution in [0.25, 0.3) is 11.6 Å². The van der Waals surface area contributed by atoms with Crippen molar-refractivity contribution in [2.45, 2.75) is 13.8 Å². The average Bonchev–Trinajstić information content (AvgIpc) is 2.69. The zero-order valence-corrected chi connectivity index (χ0v) is 11.0. The first-order valence-electron chi connectivity index (χ1n) is 6.35. The SMILES string of the molecule is Cc1ccc(/C=C2\C(=O)Nc3ccccc32)c(C)c1. The maximum atomic E-state index is 12.0. The summed E-state index contributed by atoms with van der Waals surface area (Å²) in [6.07, 6.45) is 1.97. The predicted octanol–water partition coefficient (Wildman–Crippen LogP) is 3.80. The van der Waals surface area contributed by atoms with E-state index >= 15 is 0 Å². The molecule has 1 aliphatic heterocycles. The molecular weight excluding hydrogens is 234 g/mol. The zero-order chi connectivity index (χ0) is 13.4. The van der Waals surface area contributed by atoms with Gasteiger partial charge < -0.3 is 5.32 Å². The molecule has 94 valence electrons. The minimum atomic E-state index is -0.0267. The molecule has 1 aliphatic rings. The summed E-state index contributed by atoms with van der Waals surface area (Å²) in [6, 6.07) is 14.0. The van der Waals surface area contributed by atoms with Crippen molar-refractivity contribution in [3.63, 3.8) is 0 Å². The fourth-order valence-corrected chi connectivity index (χ4v) is 2.43. The molecule has 0 spiro atoms. The first-order chi connectivity index (χ1) is 9.15. The Kier molecular flexibility index (Phi) is 2.71. The van der Waals surface area contributed by atoms with E-state index in [1.807, 2.05) is 30.3 Å². The van der Waals surface area contributed by atoms with Gasteiger partial charge in [0.1, 0.15) is 0 Å². The second-order valence-corrected chi connectivity index (χ2v) is 4.92. The normalized spacial score (nSPS) is 15.5. The van der Waals surface area contributed by atoms with Crippen LogP contribution in [0.5, 0.6) is 0 Å². The van der Waals surface area contributed by atoms with E-state index in [1.165, 1.54) is 11.1 Å². The summed E-state index contributed by atoms with van der Waals surface area (Å²) in [5.74, 6) is -0.0267. The van der Waals surface area contributed by atoms with E-state index < -0.39 is 0 Å². The Bertz CT molecular complexity index is 698. The van der Waals surface area contributed by atoms with Crippen molar-refractivity contribution in [3.8, 4) is 0 Å². The quantitative estimate of drug-likeness (QED) is 0.765. The Balaban J connectivity index is 2.11. The molecule has 0 saturated carbocycles. The standard InChI is InChI=1S/C17H15NO/c1-11-7-8-13(12(2)9-11)10-15-14-5-3-4-6-16(14)18-17(15)19/h3-10H,1-2H3,(H,18,19)/b15-10-.